The molecule has 0 amide bonds. The Labute approximate surface area is 154 Å². The summed E-state index contributed by atoms with van der Waals surface area (Å²) in [5.74, 6) is -0.0910. The molecule has 1 saturated heterocycles. The average molecular weight is 354 g/mol. The van der Waals surface area contributed by atoms with Gasteiger partial charge in [0.05, 0.1) is 12.7 Å². The van der Waals surface area contributed by atoms with Gasteiger partial charge in [-0.15, -0.1) is 0 Å². The van der Waals surface area contributed by atoms with E-state index in [1.807, 2.05) is 12.1 Å². The highest BCUT2D eigenvalue weighted by atomic mass is 16.5. The molecule has 0 saturated carbocycles. The van der Waals surface area contributed by atoms with E-state index in [0.717, 1.165) is 56.0 Å². The molecule has 26 heavy (non-hydrogen) atoms. The second-order valence-electron chi connectivity index (χ2n) is 6.81. The standard InChI is InChI=1S/C21H26N2O3/c1-22-11-13-23(14-12-22)10-9-16-3-8-19(20(15-16)26-2)17-4-6-18(7-5-17)21(24)25/h3-8,15H,9-14H2,1-2H3,(H,24,25). The van der Waals surface area contributed by atoms with Gasteiger partial charge < -0.3 is 19.6 Å². The van der Waals surface area contributed by atoms with Crippen molar-refractivity contribution in [2.24, 2.45) is 0 Å². The number of hydrogen-bond donors (Lipinski definition) is 1. The number of hydrogen-bond acceptors (Lipinski definition) is 4. The van der Waals surface area contributed by atoms with Crippen LogP contribution in [0.15, 0.2) is 42.5 Å². The predicted molar refractivity (Wildman–Crippen MR) is 103 cm³/mol. The van der Waals surface area contributed by atoms with Gasteiger partial charge in [-0.3, -0.25) is 0 Å². The molecule has 0 radical (unpaired) electrons. The van der Waals surface area contributed by atoms with E-state index in [1.54, 1.807) is 19.2 Å². The summed E-state index contributed by atoms with van der Waals surface area (Å²) in [5, 5.41) is 9.03. The summed E-state index contributed by atoms with van der Waals surface area (Å²) in [4.78, 5) is 15.9. The lowest BCUT2D eigenvalue weighted by Crippen LogP contribution is -2.45. The zero-order valence-corrected chi connectivity index (χ0v) is 15.4. The van der Waals surface area contributed by atoms with Crippen molar-refractivity contribution >= 4 is 5.97 Å². The smallest absolute Gasteiger partial charge is 0.335 e. The first-order valence-corrected chi connectivity index (χ1v) is 8.98. The number of ether oxygens (including phenoxy) is 1. The number of likely N-dealkylation sites (N-methyl/N-ethyl adjacent to an activating group) is 1. The Hall–Kier alpha value is -2.37. The molecule has 3 rings (SSSR count). The topological polar surface area (TPSA) is 53.0 Å². The van der Waals surface area contributed by atoms with Crippen molar-refractivity contribution in [2.75, 3.05) is 46.9 Å². The molecule has 1 N–H and O–H groups in total. The van der Waals surface area contributed by atoms with Gasteiger partial charge in [0.25, 0.3) is 0 Å². The first kappa shape index (κ1) is 18.4. The molecule has 0 aliphatic carbocycles. The van der Waals surface area contributed by atoms with Gasteiger partial charge in [-0.25, -0.2) is 4.79 Å². The fraction of sp³-hybridized carbons (Fsp3) is 0.381. The van der Waals surface area contributed by atoms with E-state index in [0.29, 0.717) is 0 Å². The Kier molecular flexibility index (Phi) is 5.91. The molecule has 138 valence electrons. The van der Waals surface area contributed by atoms with E-state index in [4.69, 9.17) is 9.84 Å². The lowest BCUT2D eigenvalue weighted by molar-refractivity contribution is 0.0697. The number of aromatic carboxylic acids is 1. The maximum absolute atomic E-state index is 11.0. The third kappa shape index (κ3) is 4.42. The number of benzene rings is 2. The van der Waals surface area contributed by atoms with Crippen LogP contribution in [-0.2, 0) is 6.42 Å². The molecule has 1 aliphatic rings. The number of carbonyl (C=O) groups is 1. The molecule has 0 aromatic heterocycles. The van der Waals surface area contributed by atoms with Crippen LogP contribution in [0.2, 0.25) is 0 Å². The molecule has 5 heteroatoms. The third-order valence-corrected chi connectivity index (χ3v) is 5.02. The third-order valence-electron chi connectivity index (χ3n) is 5.02. The summed E-state index contributed by atoms with van der Waals surface area (Å²) in [6, 6.07) is 13.2. The molecular formula is C21H26N2O3. The fourth-order valence-electron chi connectivity index (χ4n) is 3.28. The van der Waals surface area contributed by atoms with E-state index in [9.17, 15) is 4.79 Å². The number of carboxylic acids is 1. The van der Waals surface area contributed by atoms with Crippen LogP contribution in [0.3, 0.4) is 0 Å². The van der Waals surface area contributed by atoms with Crippen LogP contribution in [-0.4, -0.2) is 67.8 Å². The molecular weight excluding hydrogens is 328 g/mol. The van der Waals surface area contributed by atoms with Gasteiger partial charge in [-0.2, -0.15) is 0 Å². The molecule has 1 fully saturated rings. The maximum atomic E-state index is 11.0. The second kappa shape index (κ2) is 8.34. The minimum Gasteiger partial charge on any atom is -0.496 e. The minimum atomic E-state index is -0.914. The minimum absolute atomic E-state index is 0.288. The van der Waals surface area contributed by atoms with Crippen LogP contribution in [0, 0.1) is 0 Å². The lowest BCUT2D eigenvalue weighted by Gasteiger charge is -2.32. The van der Waals surface area contributed by atoms with Crippen molar-refractivity contribution in [3.8, 4) is 16.9 Å². The van der Waals surface area contributed by atoms with Crippen LogP contribution < -0.4 is 4.74 Å². The lowest BCUT2D eigenvalue weighted by atomic mass is 10.00. The van der Waals surface area contributed by atoms with Crippen molar-refractivity contribution in [2.45, 2.75) is 6.42 Å². The van der Waals surface area contributed by atoms with Crippen molar-refractivity contribution in [3.63, 3.8) is 0 Å². The highest BCUT2D eigenvalue weighted by Crippen LogP contribution is 2.31. The largest absolute Gasteiger partial charge is 0.496 e. The zero-order valence-electron chi connectivity index (χ0n) is 15.4. The quantitative estimate of drug-likeness (QED) is 0.864. The number of nitrogens with zero attached hydrogens (tertiary/aromatic N) is 2. The van der Waals surface area contributed by atoms with Gasteiger partial charge in [0.1, 0.15) is 5.75 Å². The molecule has 0 atom stereocenters. The highest BCUT2D eigenvalue weighted by Gasteiger charge is 2.14. The number of rotatable bonds is 6. The van der Waals surface area contributed by atoms with Gasteiger partial charge in [0.15, 0.2) is 0 Å². The first-order valence-electron chi connectivity index (χ1n) is 8.98. The van der Waals surface area contributed by atoms with Crippen molar-refractivity contribution in [1.82, 2.24) is 9.80 Å². The van der Waals surface area contributed by atoms with Crippen LogP contribution in [0.1, 0.15) is 15.9 Å². The van der Waals surface area contributed by atoms with E-state index in [2.05, 4.69) is 35.0 Å². The molecule has 1 aliphatic heterocycles. The van der Waals surface area contributed by atoms with Crippen LogP contribution in [0.4, 0.5) is 0 Å². The maximum Gasteiger partial charge on any atom is 0.335 e. The highest BCUT2D eigenvalue weighted by molar-refractivity contribution is 5.88. The number of methoxy groups -OCH3 is 1. The summed E-state index contributed by atoms with van der Waals surface area (Å²) in [6.45, 7) is 5.58. The zero-order chi connectivity index (χ0) is 18.5. The van der Waals surface area contributed by atoms with Gasteiger partial charge in [-0.1, -0.05) is 24.3 Å². The van der Waals surface area contributed by atoms with Crippen LogP contribution in [0.5, 0.6) is 5.75 Å². The summed E-state index contributed by atoms with van der Waals surface area (Å²) >= 11 is 0. The van der Waals surface area contributed by atoms with Crippen LogP contribution in [0.25, 0.3) is 11.1 Å². The van der Waals surface area contributed by atoms with Gasteiger partial charge in [0, 0.05) is 38.3 Å². The molecule has 2 aromatic carbocycles. The Balaban J connectivity index is 1.70. The fourth-order valence-corrected chi connectivity index (χ4v) is 3.28. The molecule has 2 aromatic rings. The molecule has 0 bridgehead atoms. The number of piperazine rings is 1. The summed E-state index contributed by atoms with van der Waals surface area (Å²) in [5.41, 5.74) is 3.48. The van der Waals surface area contributed by atoms with Gasteiger partial charge in [-0.05, 0) is 42.8 Å². The molecule has 5 nitrogen and oxygen atoms in total. The molecule has 0 unspecified atom stereocenters. The monoisotopic (exact) mass is 354 g/mol. The number of carboxylic acid groups (broad SMARTS) is 1. The summed E-state index contributed by atoms with van der Waals surface area (Å²) in [6.07, 6.45) is 0.998. The van der Waals surface area contributed by atoms with E-state index in [-0.39, 0.29) is 5.56 Å². The van der Waals surface area contributed by atoms with E-state index < -0.39 is 5.97 Å². The molecule has 1 heterocycles. The van der Waals surface area contributed by atoms with E-state index in [1.165, 1.54) is 5.56 Å². The van der Waals surface area contributed by atoms with Crippen molar-refractivity contribution in [3.05, 3.63) is 53.6 Å². The normalized spacial score (nSPS) is 15.8. The summed E-state index contributed by atoms with van der Waals surface area (Å²) in [7, 11) is 3.85. The first-order chi connectivity index (χ1) is 12.6. The van der Waals surface area contributed by atoms with Crippen molar-refractivity contribution < 1.29 is 14.6 Å². The Morgan fingerprint density at radius 1 is 1.08 bits per heavy atom. The predicted octanol–water partition coefficient (Wildman–Crippen LogP) is 2.85. The van der Waals surface area contributed by atoms with Gasteiger partial charge in [0.2, 0.25) is 0 Å². The van der Waals surface area contributed by atoms with Crippen molar-refractivity contribution in [1.29, 1.82) is 0 Å². The Morgan fingerprint density at radius 2 is 1.77 bits per heavy atom. The second-order valence-corrected chi connectivity index (χ2v) is 6.81. The van der Waals surface area contributed by atoms with Crippen LogP contribution >= 0.6 is 0 Å². The Bertz CT molecular complexity index is 750. The summed E-state index contributed by atoms with van der Waals surface area (Å²) < 4.78 is 5.59. The van der Waals surface area contributed by atoms with Gasteiger partial charge >= 0.3 is 5.97 Å². The SMILES string of the molecule is COc1cc(CCN2CCN(C)CC2)ccc1-c1ccc(C(=O)O)cc1. The molecule has 0 spiro atoms. The average Bonchev–Trinajstić information content (AvgIpc) is 2.67. The van der Waals surface area contributed by atoms with E-state index >= 15 is 0 Å². The Morgan fingerprint density at radius 3 is 2.38 bits per heavy atom.